The highest BCUT2D eigenvalue weighted by atomic mass is 16.1. The van der Waals surface area contributed by atoms with Gasteiger partial charge in [0.2, 0.25) is 0 Å². The van der Waals surface area contributed by atoms with E-state index in [1.54, 1.807) is 6.20 Å². The third-order valence-electron chi connectivity index (χ3n) is 13.6. The molecule has 6 aromatic heterocycles. The van der Waals surface area contributed by atoms with E-state index in [0.29, 0.717) is 36.0 Å². The van der Waals surface area contributed by atoms with Gasteiger partial charge in [-0.25, -0.2) is 9.97 Å². The Morgan fingerprint density at radius 2 is 1.14 bits per heavy atom. The first kappa shape index (κ1) is 44.4. The van der Waals surface area contributed by atoms with Crippen LogP contribution in [0.15, 0.2) is 155 Å². The SMILES string of the molecule is CCN(CC)CNc1cc2cc(-c3ccc4ncc(-c5cccc(-c6nc7[nH]c(=O)c(NCN8CCN(C)CC8)cc7cc6-c6ccc7ncccc7c6)c5)cc4c3)c(-c3ccccc3)nc2[nH]c1=O. The molecular weight excluding hydrogens is 871 g/mol. The molecule has 1 aliphatic rings. The number of fused-ring (bicyclic) bond motifs is 4. The van der Waals surface area contributed by atoms with E-state index < -0.39 is 0 Å². The average molecular weight is 924 g/mol. The van der Waals surface area contributed by atoms with Crippen molar-refractivity contribution in [1.29, 1.82) is 0 Å². The molecule has 13 nitrogen and oxygen atoms in total. The number of benzene rings is 4. The van der Waals surface area contributed by atoms with Crippen molar-refractivity contribution in [2.24, 2.45) is 0 Å². The summed E-state index contributed by atoms with van der Waals surface area (Å²) < 4.78 is 0. The number of rotatable bonds is 13. The Hall–Kier alpha value is -8.10. The summed E-state index contributed by atoms with van der Waals surface area (Å²) in [5.74, 6) is 0. The van der Waals surface area contributed by atoms with Gasteiger partial charge >= 0.3 is 0 Å². The summed E-state index contributed by atoms with van der Waals surface area (Å²) in [5.41, 5.74) is 12.5. The Labute approximate surface area is 404 Å². The number of piperazine rings is 1. The van der Waals surface area contributed by atoms with Gasteiger partial charge in [-0.15, -0.1) is 0 Å². The van der Waals surface area contributed by atoms with Crippen molar-refractivity contribution >= 4 is 55.2 Å². The lowest BCUT2D eigenvalue weighted by atomic mass is 9.94. The highest BCUT2D eigenvalue weighted by Crippen LogP contribution is 2.38. The zero-order chi connectivity index (χ0) is 47.7. The van der Waals surface area contributed by atoms with E-state index in [2.05, 4.69) is 128 Å². The fourth-order valence-corrected chi connectivity index (χ4v) is 9.40. The summed E-state index contributed by atoms with van der Waals surface area (Å²) in [7, 11) is 2.14. The maximum absolute atomic E-state index is 13.6. The van der Waals surface area contributed by atoms with Crippen LogP contribution in [0, 0.1) is 0 Å². The summed E-state index contributed by atoms with van der Waals surface area (Å²) in [6.45, 7) is 11.0. The highest BCUT2D eigenvalue weighted by Gasteiger charge is 2.19. The maximum atomic E-state index is 13.6. The summed E-state index contributed by atoms with van der Waals surface area (Å²) in [6.07, 6.45) is 3.72. The van der Waals surface area contributed by atoms with Crippen molar-refractivity contribution in [3.63, 3.8) is 0 Å². The van der Waals surface area contributed by atoms with Crippen molar-refractivity contribution in [2.75, 3.05) is 70.3 Å². The van der Waals surface area contributed by atoms with Crippen LogP contribution in [0.3, 0.4) is 0 Å². The maximum Gasteiger partial charge on any atom is 0.272 e. The van der Waals surface area contributed by atoms with E-state index in [1.807, 2.05) is 72.9 Å². The molecule has 0 radical (unpaired) electrons. The Morgan fingerprint density at radius 3 is 1.83 bits per heavy atom. The van der Waals surface area contributed by atoms with Crippen LogP contribution in [-0.4, -0.2) is 104 Å². The van der Waals surface area contributed by atoms with Gasteiger partial charge in [0.25, 0.3) is 11.1 Å². The molecule has 4 N–H and O–H groups in total. The number of H-pyrrole nitrogens is 2. The van der Waals surface area contributed by atoms with Crippen LogP contribution in [0.4, 0.5) is 11.4 Å². The predicted octanol–water partition coefficient (Wildman–Crippen LogP) is 9.92. The first-order valence-corrected chi connectivity index (χ1v) is 24.0. The smallest absolute Gasteiger partial charge is 0.272 e. The first-order chi connectivity index (χ1) is 34.3. The third-order valence-corrected chi connectivity index (χ3v) is 13.6. The van der Waals surface area contributed by atoms with Crippen LogP contribution in [0.5, 0.6) is 0 Å². The standard InChI is InChI=1S/C57H53N11O2/c1-4-67(5-2)34-60-50-31-43-29-46(52(36-11-7-6-8-12-36)62-54(43)64-56(50)69)39-17-19-49-42(27-39)28-45(33-59-49)37-13-9-14-41(25-37)53-47(38-16-18-48-40(26-38)15-10-20-58-48)30-44-32-51(57(70)65-55(44)63-53)61-35-68-23-21-66(3)22-24-68/h6-20,25-33,60-61H,4-5,21-24,34-35H2,1-3H3,(H,62,64,69)(H,63,65,70). The summed E-state index contributed by atoms with van der Waals surface area (Å²) in [4.78, 5) is 59.7. The molecule has 1 fully saturated rings. The number of anilines is 2. The Morgan fingerprint density at radius 1 is 0.543 bits per heavy atom. The van der Waals surface area contributed by atoms with E-state index in [4.69, 9.17) is 15.0 Å². The normalized spacial score (nSPS) is 13.5. The minimum Gasteiger partial charge on any atom is -0.368 e. The van der Waals surface area contributed by atoms with Crippen molar-refractivity contribution in [3.05, 3.63) is 167 Å². The minimum absolute atomic E-state index is 0.209. The van der Waals surface area contributed by atoms with Gasteiger partial charge in [-0.1, -0.05) is 80.6 Å². The summed E-state index contributed by atoms with van der Waals surface area (Å²) in [6, 6.07) is 45.2. The van der Waals surface area contributed by atoms with Crippen molar-refractivity contribution in [3.8, 4) is 55.9 Å². The number of pyridine rings is 6. The Kier molecular flexibility index (Phi) is 12.1. The lowest BCUT2D eigenvalue weighted by Crippen LogP contribution is -2.46. The zero-order valence-corrected chi connectivity index (χ0v) is 39.5. The lowest BCUT2D eigenvalue weighted by molar-refractivity contribution is 0.162. The average Bonchev–Trinajstić information content (AvgIpc) is 3.40. The molecule has 70 heavy (non-hydrogen) atoms. The fraction of sp³-hybridized carbons (Fsp3) is 0.193. The lowest BCUT2D eigenvalue weighted by Gasteiger charge is -2.32. The van der Waals surface area contributed by atoms with E-state index in [-0.39, 0.29) is 11.1 Å². The molecule has 348 valence electrons. The summed E-state index contributed by atoms with van der Waals surface area (Å²) >= 11 is 0. The number of nitrogens with zero attached hydrogens (tertiary/aromatic N) is 7. The van der Waals surface area contributed by atoms with Crippen LogP contribution in [0.2, 0.25) is 0 Å². The minimum atomic E-state index is -0.210. The topological polar surface area (TPSA) is 151 Å². The molecule has 1 aliphatic heterocycles. The van der Waals surface area contributed by atoms with E-state index in [0.717, 1.165) is 128 Å². The number of aromatic nitrogens is 6. The molecule has 0 saturated carbocycles. The second-order valence-corrected chi connectivity index (χ2v) is 18.1. The van der Waals surface area contributed by atoms with Crippen LogP contribution in [-0.2, 0) is 0 Å². The van der Waals surface area contributed by atoms with Crippen LogP contribution < -0.4 is 21.8 Å². The van der Waals surface area contributed by atoms with Gasteiger partial charge in [-0.05, 0) is 104 Å². The quantitative estimate of drug-likeness (QED) is 0.0819. The molecule has 1 saturated heterocycles. The number of nitrogens with one attached hydrogen (secondary N) is 4. The Balaban J connectivity index is 0.979. The number of likely N-dealkylation sites (N-methyl/N-ethyl adjacent to an activating group) is 1. The second kappa shape index (κ2) is 19.1. The van der Waals surface area contributed by atoms with Gasteiger partial charge in [-0.2, -0.15) is 0 Å². The molecule has 0 aliphatic carbocycles. The van der Waals surface area contributed by atoms with E-state index in [9.17, 15) is 9.59 Å². The molecule has 4 aromatic carbocycles. The van der Waals surface area contributed by atoms with Crippen LogP contribution >= 0.6 is 0 Å². The predicted molar refractivity (Wildman–Crippen MR) is 285 cm³/mol. The molecular formula is C57H53N11O2. The largest absolute Gasteiger partial charge is 0.368 e. The van der Waals surface area contributed by atoms with Gasteiger partial charge < -0.3 is 25.5 Å². The summed E-state index contributed by atoms with van der Waals surface area (Å²) in [5, 5.41) is 10.4. The first-order valence-electron chi connectivity index (χ1n) is 24.0. The molecule has 0 atom stereocenters. The van der Waals surface area contributed by atoms with Crippen LogP contribution in [0.25, 0.3) is 99.8 Å². The van der Waals surface area contributed by atoms with E-state index in [1.165, 1.54) is 0 Å². The molecule has 0 bridgehead atoms. The zero-order valence-electron chi connectivity index (χ0n) is 39.5. The fourth-order valence-electron chi connectivity index (χ4n) is 9.40. The number of hydrogen-bond donors (Lipinski definition) is 4. The molecule has 10 aromatic rings. The van der Waals surface area contributed by atoms with Gasteiger partial charge in [0, 0.05) is 87.9 Å². The van der Waals surface area contributed by atoms with Gasteiger partial charge in [0.15, 0.2) is 0 Å². The Bertz CT molecular complexity index is 3690. The highest BCUT2D eigenvalue weighted by molar-refractivity contribution is 5.97. The van der Waals surface area contributed by atoms with Gasteiger partial charge in [0.1, 0.15) is 22.7 Å². The molecule has 11 rings (SSSR count). The second-order valence-electron chi connectivity index (χ2n) is 18.1. The van der Waals surface area contributed by atoms with Crippen molar-refractivity contribution < 1.29 is 0 Å². The van der Waals surface area contributed by atoms with Gasteiger partial charge in [0.05, 0.1) is 35.8 Å². The number of hydrogen-bond acceptors (Lipinski definition) is 11. The molecule has 7 heterocycles. The molecule has 0 unspecified atom stereocenters. The molecule has 0 spiro atoms. The number of aromatic amines is 2. The monoisotopic (exact) mass is 923 g/mol. The van der Waals surface area contributed by atoms with Crippen LogP contribution in [0.1, 0.15) is 13.8 Å². The van der Waals surface area contributed by atoms with Crippen molar-refractivity contribution in [1.82, 2.24) is 44.6 Å². The molecule has 0 amide bonds. The van der Waals surface area contributed by atoms with E-state index >= 15 is 0 Å². The third kappa shape index (κ3) is 9.01. The van der Waals surface area contributed by atoms with Gasteiger partial charge in [-0.3, -0.25) is 29.4 Å². The molecule has 13 heteroatoms. The van der Waals surface area contributed by atoms with Crippen molar-refractivity contribution in [2.45, 2.75) is 13.8 Å².